The van der Waals surface area contributed by atoms with Crippen LogP contribution in [0, 0.1) is 33.5 Å². The summed E-state index contributed by atoms with van der Waals surface area (Å²) >= 11 is 0. The molecule has 1 N–H and O–H groups in total. The van der Waals surface area contributed by atoms with E-state index in [9.17, 15) is 9.50 Å². The average molecular weight is 286 g/mol. The number of rotatable bonds is 3. The van der Waals surface area contributed by atoms with Gasteiger partial charge in [-0.3, -0.25) is 0 Å². The Morgan fingerprint density at radius 2 is 1.52 bits per heavy atom. The van der Waals surface area contributed by atoms with Crippen molar-refractivity contribution in [1.82, 2.24) is 0 Å². The summed E-state index contributed by atoms with van der Waals surface area (Å²) < 4.78 is 13.7. The molecular formula is C19H23FO. The Morgan fingerprint density at radius 1 is 0.952 bits per heavy atom. The molecule has 0 saturated carbocycles. The molecule has 0 spiro atoms. The zero-order chi connectivity index (χ0) is 15.8. The van der Waals surface area contributed by atoms with Crippen molar-refractivity contribution >= 4 is 0 Å². The third-order valence-corrected chi connectivity index (χ3v) is 4.16. The molecule has 0 fully saturated rings. The molecule has 2 rings (SSSR count). The van der Waals surface area contributed by atoms with Gasteiger partial charge in [-0.1, -0.05) is 29.8 Å². The first-order valence-electron chi connectivity index (χ1n) is 7.26. The molecule has 1 unspecified atom stereocenters. The van der Waals surface area contributed by atoms with Gasteiger partial charge >= 0.3 is 0 Å². The fourth-order valence-electron chi connectivity index (χ4n) is 2.86. The molecule has 0 bridgehead atoms. The Hall–Kier alpha value is -1.67. The molecule has 1 atom stereocenters. The maximum atomic E-state index is 13.7. The largest absolute Gasteiger partial charge is 0.385 e. The Bertz CT molecular complexity index is 648. The molecule has 0 aliphatic carbocycles. The number of hydrogen-bond donors (Lipinski definition) is 1. The van der Waals surface area contributed by atoms with Crippen molar-refractivity contribution in [3.05, 3.63) is 69.5 Å². The van der Waals surface area contributed by atoms with Crippen molar-refractivity contribution in [1.29, 1.82) is 0 Å². The molecule has 1 nitrogen and oxygen atoms in total. The Kier molecular flexibility index (Phi) is 4.20. The van der Waals surface area contributed by atoms with Crippen LogP contribution >= 0.6 is 0 Å². The van der Waals surface area contributed by atoms with Gasteiger partial charge in [-0.2, -0.15) is 0 Å². The Balaban J connectivity index is 2.39. The number of halogens is 1. The van der Waals surface area contributed by atoms with Gasteiger partial charge in [0, 0.05) is 6.42 Å². The van der Waals surface area contributed by atoms with Crippen molar-refractivity contribution in [2.45, 2.75) is 46.6 Å². The van der Waals surface area contributed by atoms with Crippen molar-refractivity contribution in [2.24, 2.45) is 0 Å². The molecule has 0 aliphatic rings. The number of aliphatic hydroxyl groups is 1. The van der Waals surface area contributed by atoms with E-state index >= 15 is 0 Å². The van der Waals surface area contributed by atoms with Gasteiger partial charge in [0.05, 0.1) is 5.60 Å². The standard InChI is InChI=1S/C19H23FO/c1-12-8-14(3)17(15(4)9-12)11-19(5,21)16-7-6-13(2)18(20)10-16/h6-10,21H,11H2,1-5H3. The van der Waals surface area contributed by atoms with Crippen molar-refractivity contribution < 1.29 is 9.50 Å². The minimum atomic E-state index is -1.08. The van der Waals surface area contributed by atoms with Crippen LogP contribution in [-0.4, -0.2) is 5.11 Å². The number of aryl methyl sites for hydroxylation is 4. The Morgan fingerprint density at radius 3 is 2.05 bits per heavy atom. The highest BCUT2D eigenvalue weighted by molar-refractivity contribution is 5.40. The number of hydrogen-bond acceptors (Lipinski definition) is 1. The van der Waals surface area contributed by atoms with E-state index in [1.807, 2.05) is 0 Å². The molecule has 0 saturated heterocycles. The third-order valence-electron chi connectivity index (χ3n) is 4.16. The lowest BCUT2D eigenvalue weighted by atomic mass is 9.85. The second kappa shape index (κ2) is 5.61. The van der Waals surface area contributed by atoms with Crippen LogP contribution in [-0.2, 0) is 12.0 Å². The summed E-state index contributed by atoms with van der Waals surface area (Å²) in [6.07, 6.45) is 0.480. The smallest absolute Gasteiger partial charge is 0.126 e. The second-order valence-corrected chi connectivity index (χ2v) is 6.29. The van der Waals surface area contributed by atoms with E-state index in [0.717, 1.165) is 5.56 Å². The van der Waals surface area contributed by atoms with Gasteiger partial charge in [-0.15, -0.1) is 0 Å². The normalized spacial score (nSPS) is 14.0. The van der Waals surface area contributed by atoms with E-state index < -0.39 is 5.60 Å². The summed E-state index contributed by atoms with van der Waals surface area (Å²) in [7, 11) is 0. The van der Waals surface area contributed by atoms with Crippen LogP contribution < -0.4 is 0 Å². The molecule has 21 heavy (non-hydrogen) atoms. The highest BCUT2D eigenvalue weighted by Crippen LogP contribution is 2.29. The molecule has 2 aromatic carbocycles. The van der Waals surface area contributed by atoms with Crippen molar-refractivity contribution in [2.75, 3.05) is 0 Å². The Labute approximate surface area is 126 Å². The van der Waals surface area contributed by atoms with E-state index in [1.54, 1.807) is 26.0 Å². The maximum Gasteiger partial charge on any atom is 0.126 e. The summed E-state index contributed by atoms with van der Waals surface area (Å²) in [5.74, 6) is -0.273. The fraction of sp³-hybridized carbons (Fsp3) is 0.368. The zero-order valence-electron chi connectivity index (χ0n) is 13.4. The molecular weight excluding hydrogens is 263 g/mol. The van der Waals surface area contributed by atoms with Gasteiger partial charge in [0.15, 0.2) is 0 Å². The van der Waals surface area contributed by atoms with Gasteiger partial charge < -0.3 is 5.11 Å². The summed E-state index contributed by atoms with van der Waals surface area (Å²) in [4.78, 5) is 0. The third kappa shape index (κ3) is 3.33. The monoisotopic (exact) mass is 286 g/mol. The first-order valence-corrected chi connectivity index (χ1v) is 7.26. The zero-order valence-corrected chi connectivity index (χ0v) is 13.4. The first-order chi connectivity index (χ1) is 9.70. The van der Waals surface area contributed by atoms with E-state index in [4.69, 9.17) is 0 Å². The highest BCUT2D eigenvalue weighted by atomic mass is 19.1. The van der Waals surface area contributed by atoms with Crippen molar-refractivity contribution in [3.8, 4) is 0 Å². The lowest BCUT2D eigenvalue weighted by Crippen LogP contribution is -2.25. The predicted octanol–water partition coefficient (Wildman–Crippen LogP) is 4.51. The van der Waals surface area contributed by atoms with Crippen LogP contribution in [0.2, 0.25) is 0 Å². The van der Waals surface area contributed by atoms with E-state index in [1.165, 1.54) is 22.8 Å². The lowest BCUT2D eigenvalue weighted by molar-refractivity contribution is 0.0569. The first kappa shape index (κ1) is 15.7. The molecule has 2 heteroatoms. The highest BCUT2D eigenvalue weighted by Gasteiger charge is 2.26. The minimum Gasteiger partial charge on any atom is -0.385 e. The molecule has 0 aliphatic heterocycles. The summed E-state index contributed by atoms with van der Waals surface area (Å²) in [5, 5.41) is 10.8. The topological polar surface area (TPSA) is 20.2 Å². The fourth-order valence-corrected chi connectivity index (χ4v) is 2.86. The molecule has 0 amide bonds. The minimum absolute atomic E-state index is 0.273. The van der Waals surface area contributed by atoms with Crippen LogP contribution in [0.15, 0.2) is 30.3 Å². The van der Waals surface area contributed by atoms with Crippen LogP contribution in [0.5, 0.6) is 0 Å². The summed E-state index contributed by atoms with van der Waals surface area (Å²) in [6.45, 7) is 9.65. The maximum absolute atomic E-state index is 13.7. The molecule has 0 radical (unpaired) electrons. The molecule has 112 valence electrons. The van der Waals surface area contributed by atoms with Crippen LogP contribution in [0.25, 0.3) is 0 Å². The van der Waals surface area contributed by atoms with Gasteiger partial charge in [-0.25, -0.2) is 4.39 Å². The second-order valence-electron chi connectivity index (χ2n) is 6.29. The molecule has 2 aromatic rings. The van der Waals surface area contributed by atoms with Gasteiger partial charge in [0.25, 0.3) is 0 Å². The predicted molar refractivity (Wildman–Crippen MR) is 85.1 cm³/mol. The van der Waals surface area contributed by atoms with Crippen LogP contribution in [0.1, 0.15) is 40.3 Å². The van der Waals surface area contributed by atoms with Crippen molar-refractivity contribution in [3.63, 3.8) is 0 Å². The van der Waals surface area contributed by atoms with Crippen LogP contribution in [0.4, 0.5) is 4.39 Å². The van der Waals surface area contributed by atoms with E-state index in [-0.39, 0.29) is 5.82 Å². The molecule has 0 heterocycles. The lowest BCUT2D eigenvalue weighted by Gasteiger charge is -2.26. The molecule has 0 aromatic heterocycles. The van der Waals surface area contributed by atoms with Crippen LogP contribution in [0.3, 0.4) is 0 Å². The van der Waals surface area contributed by atoms with E-state index in [2.05, 4.69) is 32.9 Å². The summed E-state index contributed by atoms with van der Waals surface area (Å²) in [5.41, 5.74) is 4.81. The number of benzene rings is 2. The van der Waals surface area contributed by atoms with Gasteiger partial charge in [-0.05, 0) is 68.5 Å². The SMILES string of the molecule is Cc1cc(C)c(CC(C)(O)c2ccc(C)c(F)c2)c(C)c1. The average Bonchev–Trinajstić information content (AvgIpc) is 2.37. The van der Waals surface area contributed by atoms with E-state index in [0.29, 0.717) is 17.5 Å². The quantitative estimate of drug-likeness (QED) is 0.880. The van der Waals surface area contributed by atoms with Gasteiger partial charge in [0.2, 0.25) is 0 Å². The summed E-state index contributed by atoms with van der Waals surface area (Å²) in [6, 6.07) is 9.20. The van der Waals surface area contributed by atoms with Gasteiger partial charge in [0.1, 0.15) is 5.82 Å².